The Hall–Kier alpha value is -0.940. The van der Waals surface area contributed by atoms with E-state index in [1.165, 1.54) is 0 Å². The van der Waals surface area contributed by atoms with Crippen LogP contribution >= 0.6 is 15.9 Å². The molecule has 5 heteroatoms. The third kappa shape index (κ3) is 2.30. The molecule has 19 heavy (non-hydrogen) atoms. The lowest BCUT2D eigenvalue weighted by Crippen LogP contribution is -2.51. The van der Waals surface area contributed by atoms with Gasteiger partial charge in [-0.25, -0.2) is 4.39 Å². The van der Waals surface area contributed by atoms with Crippen LogP contribution in [0.25, 0.3) is 0 Å². The number of rotatable bonds is 1. The summed E-state index contributed by atoms with van der Waals surface area (Å²) in [7, 11) is 0. The summed E-state index contributed by atoms with van der Waals surface area (Å²) in [6.45, 7) is 1.09. The summed E-state index contributed by atoms with van der Waals surface area (Å²) in [5.74, 6) is -0.701. The van der Waals surface area contributed by atoms with Crippen LogP contribution in [0.4, 0.5) is 4.39 Å². The molecular weight excluding hydrogens is 313 g/mol. The summed E-state index contributed by atoms with van der Waals surface area (Å²) in [4.78, 5) is 14.3. The normalized spacial score (nSPS) is 26.3. The van der Waals surface area contributed by atoms with Gasteiger partial charge in [0.15, 0.2) is 0 Å². The van der Waals surface area contributed by atoms with Crippen molar-refractivity contribution in [2.24, 2.45) is 0 Å². The molecule has 1 aliphatic carbocycles. The summed E-state index contributed by atoms with van der Waals surface area (Å²) in [6, 6.07) is 4.94. The number of morpholine rings is 1. The minimum Gasteiger partial charge on any atom is -0.374 e. The van der Waals surface area contributed by atoms with Crippen LogP contribution in [0.2, 0.25) is 0 Å². The van der Waals surface area contributed by atoms with Crippen LogP contribution in [0.15, 0.2) is 22.7 Å². The Morgan fingerprint density at radius 2 is 2.26 bits per heavy atom. The van der Waals surface area contributed by atoms with E-state index in [0.717, 1.165) is 19.3 Å². The molecule has 3 nitrogen and oxygen atoms in total. The van der Waals surface area contributed by atoms with Gasteiger partial charge in [0.2, 0.25) is 0 Å². The first-order chi connectivity index (χ1) is 9.18. The summed E-state index contributed by atoms with van der Waals surface area (Å²) in [5.41, 5.74) is 0.141. The maximum absolute atomic E-state index is 14.0. The lowest BCUT2D eigenvalue weighted by molar-refractivity contribution is -0.0446. The summed E-state index contributed by atoms with van der Waals surface area (Å²) < 4.78 is 20.0. The Morgan fingerprint density at radius 3 is 3.11 bits per heavy atom. The first-order valence-electron chi connectivity index (χ1n) is 6.55. The monoisotopic (exact) mass is 327 g/mol. The molecule has 3 rings (SSSR count). The van der Waals surface area contributed by atoms with Crippen molar-refractivity contribution in [3.63, 3.8) is 0 Å². The zero-order valence-corrected chi connectivity index (χ0v) is 12.0. The highest BCUT2D eigenvalue weighted by Crippen LogP contribution is 2.31. The Kier molecular flexibility index (Phi) is 3.58. The molecule has 1 aromatic carbocycles. The average molecular weight is 328 g/mol. The third-order valence-corrected chi connectivity index (χ3v) is 4.54. The topological polar surface area (TPSA) is 29.5 Å². The maximum Gasteiger partial charge on any atom is 0.257 e. The van der Waals surface area contributed by atoms with Crippen molar-refractivity contribution in [3.05, 3.63) is 34.1 Å². The van der Waals surface area contributed by atoms with E-state index < -0.39 is 5.82 Å². The Bertz CT molecular complexity index is 508. The molecule has 0 aromatic heterocycles. The van der Waals surface area contributed by atoms with Crippen LogP contribution in [-0.4, -0.2) is 36.1 Å². The fourth-order valence-corrected chi connectivity index (χ4v) is 3.37. The minimum atomic E-state index is -0.478. The largest absolute Gasteiger partial charge is 0.374 e. The summed E-state index contributed by atoms with van der Waals surface area (Å²) >= 11 is 3.12. The van der Waals surface area contributed by atoms with E-state index in [1.807, 2.05) is 0 Å². The van der Waals surface area contributed by atoms with Crippen molar-refractivity contribution < 1.29 is 13.9 Å². The average Bonchev–Trinajstić information content (AvgIpc) is 2.89. The highest BCUT2D eigenvalue weighted by molar-refractivity contribution is 9.10. The van der Waals surface area contributed by atoms with Gasteiger partial charge < -0.3 is 9.64 Å². The molecule has 0 spiro atoms. The van der Waals surface area contributed by atoms with Gasteiger partial charge in [-0.15, -0.1) is 0 Å². The molecule has 1 saturated carbocycles. The highest BCUT2D eigenvalue weighted by Gasteiger charge is 2.39. The van der Waals surface area contributed by atoms with Crippen molar-refractivity contribution in [2.75, 3.05) is 13.2 Å². The zero-order valence-electron chi connectivity index (χ0n) is 10.4. The SMILES string of the molecule is O=C(c1cccc(Br)c1F)N1CCOC2CCCC21. The Balaban J connectivity index is 1.88. The Labute approximate surface area is 119 Å². The molecule has 2 atom stereocenters. The van der Waals surface area contributed by atoms with E-state index in [9.17, 15) is 9.18 Å². The molecule has 0 bridgehead atoms. The van der Waals surface area contributed by atoms with Crippen molar-refractivity contribution in [3.8, 4) is 0 Å². The van der Waals surface area contributed by atoms with Gasteiger partial charge in [0.1, 0.15) is 5.82 Å². The van der Waals surface area contributed by atoms with E-state index in [0.29, 0.717) is 17.6 Å². The minimum absolute atomic E-state index is 0.111. The van der Waals surface area contributed by atoms with Gasteiger partial charge in [-0.3, -0.25) is 4.79 Å². The van der Waals surface area contributed by atoms with Crippen LogP contribution < -0.4 is 0 Å². The second-order valence-electron chi connectivity index (χ2n) is 5.01. The van der Waals surface area contributed by atoms with Crippen LogP contribution in [0.5, 0.6) is 0 Å². The molecule has 0 radical (unpaired) electrons. The van der Waals surface area contributed by atoms with E-state index in [1.54, 1.807) is 23.1 Å². The van der Waals surface area contributed by atoms with Gasteiger partial charge in [-0.2, -0.15) is 0 Å². The van der Waals surface area contributed by atoms with Gasteiger partial charge in [0.25, 0.3) is 5.91 Å². The van der Waals surface area contributed by atoms with Gasteiger partial charge in [-0.1, -0.05) is 6.07 Å². The highest BCUT2D eigenvalue weighted by atomic mass is 79.9. The Morgan fingerprint density at radius 1 is 1.42 bits per heavy atom. The standard InChI is InChI=1S/C14H15BrFNO2/c15-10-4-1-3-9(13(10)16)14(18)17-7-8-19-12-6-2-5-11(12)17/h1,3-4,11-12H,2,5-8H2. The molecule has 2 fully saturated rings. The number of nitrogens with zero attached hydrogens (tertiary/aromatic N) is 1. The number of hydrogen-bond acceptors (Lipinski definition) is 2. The summed E-state index contributed by atoms with van der Waals surface area (Å²) in [5, 5.41) is 0. The zero-order chi connectivity index (χ0) is 13.4. The third-order valence-electron chi connectivity index (χ3n) is 3.93. The van der Waals surface area contributed by atoms with E-state index in [2.05, 4.69) is 15.9 Å². The lowest BCUT2D eigenvalue weighted by atomic mass is 10.1. The number of halogens is 2. The first-order valence-corrected chi connectivity index (χ1v) is 7.34. The van der Waals surface area contributed by atoms with Crippen molar-refractivity contribution >= 4 is 21.8 Å². The van der Waals surface area contributed by atoms with Gasteiger partial charge in [0, 0.05) is 6.54 Å². The van der Waals surface area contributed by atoms with E-state index >= 15 is 0 Å². The quantitative estimate of drug-likeness (QED) is 0.793. The first kappa shape index (κ1) is 13.1. The van der Waals surface area contributed by atoms with Crippen LogP contribution in [0.3, 0.4) is 0 Å². The molecule has 2 aliphatic rings. The van der Waals surface area contributed by atoms with Crippen LogP contribution in [0.1, 0.15) is 29.6 Å². The predicted octanol–water partition coefficient (Wildman–Crippen LogP) is 2.98. The van der Waals surface area contributed by atoms with E-state index in [4.69, 9.17) is 4.74 Å². The lowest BCUT2D eigenvalue weighted by Gasteiger charge is -2.37. The van der Waals surface area contributed by atoms with Crippen LogP contribution in [-0.2, 0) is 4.74 Å². The number of amides is 1. The summed E-state index contributed by atoms with van der Waals surface area (Å²) in [6.07, 6.45) is 3.15. The second-order valence-corrected chi connectivity index (χ2v) is 5.86. The molecule has 1 amide bonds. The molecule has 0 N–H and O–H groups in total. The van der Waals surface area contributed by atoms with Gasteiger partial charge in [-0.05, 0) is 47.3 Å². The fraction of sp³-hybridized carbons (Fsp3) is 0.500. The fourth-order valence-electron chi connectivity index (χ4n) is 3.00. The molecule has 2 unspecified atom stereocenters. The predicted molar refractivity (Wildman–Crippen MR) is 72.5 cm³/mol. The van der Waals surface area contributed by atoms with Crippen molar-refractivity contribution in [1.29, 1.82) is 0 Å². The molecule has 1 aromatic rings. The number of carbonyl (C=O) groups is 1. The second kappa shape index (κ2) is 5.21. The van der Waals surface area contributed by atoms with Gasteiger partial charge in [0.05, 0.1) is 28.8 Å². The molecule has 1 saturated heterocycles. The number of benzene rings is 1. The molecule has 1 heterocycles. The van der Waals surface area contributed by atoms with Crippen molar-refractivity contribution in [2.45, 2.75) is 31.4 Å². The number of ether oxygens (including phenoxy) is 1. The van der Waals surface area contributed by atoms with Crippen LogP contribution in [0, 0.1) is 5.82 Å². The molecular formula is C14H15BrFNO2. The van der Waals surface area contributed by atoms with Gasteiger partial charge >= 0.3 is 0 Å². The number of fused-ring (bicyclic) bond motifs is 1. The van der Waals surface area contributed by atoms with E-state index in [-0.39, 0.29) is 23.6 Å². The number of hydrogen-bond donors (Lipinski definition) is 0. The smallest absolute Gasteiger partial charge is 0.257 e. The van der Waals surface area contributed by atoms with Crippen molar-refractivity contribution in [1.82, 2.24) is 4.90 Å². The molecule has 102 valence electrons. The molecule has 1 aliphatic heterocycles. The number of carbonyl (C=O) groups excluding carboxylic acids is 1. The maximum atomic E-state index is 14.0.